The Morgan fingerprint density at radius 1 is 0.833 bits per heavy atom. The van der Waals surface area contributed by atoms with E-state index in [1.807, 2.05) is 0 Å². The summed E-state index contributed by atoms with van der Waals surface area (Å²) in [5.41, 5.74) is 0.0989. The van der Waals surface area contributed by atoms with Crippen molar-refractivity contribution in [2.45, 2.75) is 91.5 Å². The fourth-order valence-corrected chi connectivity index (χ4v) is 4.99. The van der Waals surface area contributed by atoms with E-state index in [1.54, 1.807) is 0 Å². The number of nitrogens with zero attached hydrogens (tertiary/aromatic N) is 2. The van der Waals surface area contributed by atoms with Crippen molar-refractivity contribution in [1.82, 2.24) is 20.4 Å². The van der Waals surface area contributed by atoms with Crippen LogP contribution in [0, 0.1) is 11.8 Å². The molecular formula is C25H53FN4. The number of rotatable bonds is 18. The fourth-order valence-electron chi connectivity index (χ4n) is 4.99. The van der Waals surface area contributed by atoms with Gasteiger partial charge in [-0.05, 0) is 31.6 Å². The monoisotopic (exact) mass is 428 g/mol. The lowest BCUT2D eigenvalue weighted by molar-refractivity contribution is 0.00520. The van der Waals surface area contributed by atoms with E-state index in [0.29, 0.717) is 6.54 Å². The third-order valence-electron chi connectivity index (χ3n) is 6.79. The number of unbranched alkanes of at least 4 members (excludes halogenated alkanes) is 2. The van der Waals surface area contributed by atoms with Crippen molar-refractivity contribution in [2.24, 2.45) is 11.8 Å². The van der Waals surface area contributed by atoms with Crippen LogP contribution in [0.3, 0.4) is 0 Å². The van der Waals surface area contributed by atoms with Crippen LogP contribution < -0.4 is 10.6 Å². The van der Waals surface area contributed by atoms with Crippen LogP contribution >= 0.6 is 0 Å². The summed E-state index contributed by atoms with van der Waals surface area (Å²) in [7, 11) is 0. The number of hydrogen-bond donors (Lipinski definition) is 2. The van der Waals surface area contributed by atoms with E-state index < -0.39 is 0 Å². The first-order valence-corrected chi connectivity index (χ1v) is 13.0. The minimum Gasteiger partial charge on any atom is -0.313 e. The van der Waals surface area contributed by atoms with Gasteiger partial charge in [0.2, 0.25) is 0 Å². The summed E-state index contributed by atoms with van der Waals surface area (Å²) < 4.78 is 12.3. The largest absolute Gasteiger partial charge is 0.313 e. The van der Waals surface area contributed by atoms with Gasteiger partial charge in [-0.25, -0.2) is 4.39 Å². The highest BCUT2D eigenvalue weighted by atomic mass is 19.1. The average molecular weight is 429 g/mol. The Morgan fingerprint density at radius 3 is 1.80 bits per heavy atom. The molecule has 1 aliphatic rings. The molecule has 2 atom stereocenters. The Labute approximate surface area is 187 Å². The van der Waals surface area contributed by atoms with Crippen LogP contribution in [0.4, 0.5) is 4.39 Å². The van der Waals surface area contributed by atoms with Crippen LogP contribution in [0.5, 0.6) is 0 Å². The molecule has 0 aromatic rings. The molecule has 0 amide bonds. The highest BCUT2D eigenvalue weighted by Crippen LogP contribution is 2.23. The van der Waals surface area contributed by atoms with Crippen LogP contribution in [0.2, 0.25) is 0 Å². The third-order valence-corrected chi connectivity index (χ3v) is 6.79. The van der Waals surface area contributed by atoms with Crippen molar-refractivity contribution in [1.29, 1.82) is 0 Å². The van der Waals surface area contributed by atoms with Gasteiger partial charge in [0.25, 0.3) is 0 Å². The third kappa shape index (κ3) is 11.4. The van der Waals surface area contributed by atoms with Crippen LogP contribution in [0.1, 0.15) is 86.0 Å². The summed E-state index contributed by atoms with van der Waals surface area (Å²) >= 11 is 0. The molecule has 0 bridgehead atoms. The summed E-state index contributed by atoms with van der Waals surface area (Å²) in [5.74, 6) is 1.62. The first-order valence-electron chi connectivity index (χ1n) is 13.0. The SMILES string of the molecule is CCCCC(CC)CN1CN(CC(CC)CCCC)CC(C)(NCCNCCF)C1. The van der Waals surface area contributed by atoms with E-state index in [0.717, 1.165) is 44.7 Å². The van der Waals surface area contributed by atoms with Gasteiger partial charge in [-0.3, -0.25) is 9.80 Å². The molecule has 5 heteroatoms. The maximum atomic E-state index is 12.3. The summed E-state index contributed by atoms with van der Waals surface area (Å²) in [6, 6.07) is 0. The number of hydrogen-bond acceptors (Lipinski definition) is 4. The van der Waals surface area contributed by atoms with Crippen LogP contribution in [0.15, 0.2) is 0 Å². The second-order valence-corrected chi connectivity index (χ2v) is 9.92. The molecule has 1 fully saturated rings. The molecule has 4 nitrogen and oxygen atoms in total. The highest BCUT2D eigenvalue weighted by molar-refractivity contribution is 4.94. The predicted molar refractivity (Wildman–Crippen MR) is 130 cm³/mol. The van der Waals surface area contributed by atoms with Gasteiger partial charge >= 0.3 is 0 Å². The minimum absolute atomic E-state index is 0.0989. The minimum atomic E-state index is -0.287. The van der Waals surface area contributed by atoms with Gasteiger partial charge in [-0.15, -0.1) is 0 Å². The molecule has 1 rings (SSSR count). The van der Waals surface area contributed by atoms with Crippen molar-refractivity contribution < 1.29 is 4.39 Å². The summed E-state index contributed by atoms with van der Waals surface area (Å²) in [6.45, 7) is 19.4. The molecule has 30 heavy (non-hydrogen) atoms. The molecule has 0 spiro atoms. The smallest absolute Gasteiger partial charge is 0.102 e. The fraction of sp³-hybridized carbons (Fsp3) is 1.00. The van der Waals surface area contributed by atoms with Gasteiger partial charge < -0.3 is 10.6 Å². The molecule has 0 aromatic carbocycles. The van der Waals surface area contributed by atoms with Crippen LogP contribution in [-0.2, 0) is 0 Å². The Kier molecular flexibility index (Phi) is 15.2. The van der Waals surface area contributed by atoms with Gasteiger partial charge in [0, 0.05) is 51.4 Å². The Morgan fingerprint density at radius 2 is 1.37 bits per heavy atom. The van der Waals surface area contributed by atoms with Gasteiger partial charge in [-0.2, -0.15) is 0 Å². The molecule has 0 aliphatic carbocycles. The maximum Gasteiger partial charge on any atom is 0.102 e. The van der Waals surface area contributed by atoms with Crippen molar-refractivity contribution >= 4 is 0 Å². The van der Waals surface area contributed by atoms with E-state index in [9.17, 15) is 4.39 Å². The lowest BCUT2D eigenvalue weighted by Crippen LogP contribution is -2.65. The van der Waals surface area contributed by atoms with E-state index >= 15 is 0 Å². The Balaban J connectivity index is 2.73. The molecule has 2 unspecified atom stereocenters. The molecule has 0 radical (unpaired) electrons. The quantitative estimate of drug-likeness (QED) is 0.304. The highest BCUT2D eigenvalue weighted by Gasteiger charge is 2.35. The first kappa shape index (κ1) is 27.8. The van der Waals surface area contributed by atoms with Crippen molar-refractivity contribution in [2.75, 3.05) is 59.2 Å². The van der Waals surface area contributed by atoms with Crippen molar-refractivity contribution in [3.05, 3.63) is 0 Å². The zero-order valence-electron chi connectivity index (χ0n) is 20.9. The lowest BCUT2D eigenvalue weighted by atomic mass is 9.93. The predicted octanol–water partition coefficient (Wildman–Crippen LogP) is 4.90. The molecular weight excluding hydrogens is 375 g/mol. The van der Waals surface area contributed by atoms with E-state index in [1.165, 1.54) is 64.5 Å². The van der Waals surface area contributed by atoms with E-state index in [-0.39, 0.29) is 12.2 Å². The number of alkyl halides is 1. The Hall–Kier alpha value is -0.230. The average Bonchev–Trinajstić information content (AvgIpc) is 2.73. The molecule has 2 N–H and O–H groups in total. The zero-order chi connectivity index (χ0) is 22.2. The Bertz CT molecular complexity index is 381. The summed E-state index contributed by atoms with van der Waals surface area (Å²) in [5, 5.41) is 7.00. The van der Waals surface area contributed by atoms with Gasteiger partial charge in [0.1, 0.15) is 6.67 Å². The van der Waals surface area contributed by atoms with Crippen molar-refractivity contribution in [3.63, 3.8) is 0 Å². The number of halogens is 1. The van der Waals surface area contributed by atoms with Crippen molar-refractivity contribution in [3.8, 4) is 0 Å². The maximum absolute atomic E-state index is 12.3. The van der Waals surface area contributed by atoms with Gasteiger partial charge in [0.05, 0.1) is 6.67 Å². The molecule has 0 aromatic heterocycles. The van der Waals surface area contributed by atoms with Gasteiger partial charge in [-0.1, -0.05) is 66.2 Å². The van der Waals surface area contributed by atoms with Gasteiger partial charge in [0.15, 0.2) is 0 Å². The molecule has 0 saturated carbocycles. The van der Waals surface area contributed by atoms with E-state index in [2.05, 4.69) is 55.1 Å². The second kappa shape index (κ2) is 16.4. The van der Waals surface area contributed by atoms with Crippen LogP contribution in [0.25, 0.3) is 0 Å². The summed E-state index contributed by atoms with van der Waals surface area (Å²) in [4.78, 5) is 5.42. The molecule has 1 aliphatic heterocycles. The molecule has 1 saturated heterocycles. The van der Waals surface area contributed by atoms with E-state index in [4.69, 9.17) is 0 Å². The molecule has 1 heterocycles. The second-order valence-electron chi connectivity index (χ2n) is 9.92. The normalized spacial score (nSPS) is 23.0. The summed E-state index contributed by atoms with van der Waals surface area (Å²) in [6.07, 6.45) is 10.6. The lowest BCUT2D eigenvalue weighted by Gasteiger charge is -2.48. The zero-order valence-corrected chi connectivity index (χ0v) is 20.9. The van der Waals surface area contributed by atoms with Crippen LogP contribution in [-0.4, -0.2) is 74.5 Å². The first-order chi connectivity index (χ1) is 14.5. The molecule has 180 valence electrons. The number of nitrogens with one attached hydrogen (secondary N) is 2. The topological polar surface area (TPSA) is 30.5 Å². The standard InChI is InChI=1S/C25H53FN4/c1-6-10-12-23(8-3)18-29-20-25(5,28-17-16-27-15-14-26)21-30(22-29)19-24(9-4)13-11-7-2/h23-24,27-28H,6-22H2,1-5H3.